The molecule has 0 aliphatic rings. The van der Waals surface area contributed by atoms with Crippen LogP contribution in [0.5, 0.6) is 5.75 Å². The van der Waals surface area contributed by atoms with Crippen molar-refractivity contribution in [3.05, 3.63) is 58.3 Å². The molecule has 1 aromatic heterocycles. The number of imidazole rings is 1. The zero-order chi connectivity index (χ0) is 16.9. The summed E-state index contributed by atoms with van der Waals surface area (Å²) in [5, 5.41) is 9.57. The van der Waals surface area contributed by atoms with Crippen LogP contribution < -0.4 is 4.74 Å². The molecule has 5 heteroatoms. The number of halogens is 1. The number of fused-ring (bicyclic) bond motifs is 1. The van der Waals surface area contributed by atoms with Crippen molar-refractivity contribution in [2.24, 2.45) is 0 Å². The van der Waals surface area contributed by atoms with Crippen LogP contribution >= 0.6 is 15.9 Å². The summed E-state index contributed by atoms with van der Waals surface area (Å²) in [6, 6.07) is 15.7. The second-order valence-electron chi connectivity index (χ2n) is 5.30. The van der Waals surface area contributed by atoms with Crippen LogP contribution in [0.2, 0.25) is 0 Å². The molecule has 4 nitrogen and oxygen atoms in total. The number of nitrogens with one attached hydrogen (secondary N) is 1. The van der Waals surface area contributed by atoms with Crippen molar-refractivity contribution in [3.63, 3.8) is 0 Å². The molecule has 0 bridgehead atoms. The van der Waals surface area contributed by atoms with Gasteiger partial charge in [0.1, 0.15) is 17.6 Å². The fourth-order valence-electron chi connectivity index (χ4n) is 2.37. The van der Waals surface area contributed by atoms with Crippen molar-refractivity contribution in [3.8, 4) is 11.8 Å². The van der Waals surface area contributed by atoms with Gasteiger partial charge in [-0.1, -0.05) is 35.0 Å². The lowest BCUT2D eigenvalue weighted by molar-refractivity contribution is 0.317. The Bertz CT molecular complexity index is 904. The Kier molecular flexibility index (Phi) is 4.97. The molecule has 0 fully saturated rings. The van der Waals surface area contributed by atoms with Crippen LogP contribution in [0.1, 0.15) is 24.7 Å². The maximum absolute atomic E-state index is 9.57. The second kappa shape index (κ2) is 7.33. The number of aromatic nitrogens is 2. The van der Waals surface area contributed by atoms with E-state index in [1.165, 1.54) is 0 Å². The zero-order valence-corrected chi connectivity index (χ0v) is 14.8. The van der Waals surface area contributed by atoms with Gasteiger partial charge in [-0.25, -0.2) is 4.98 Å². The molecule has 0 spiro atoms. The van der Waals surface area contributed by atoms with Crippen LogP contribution in [0.25, 0.3) is 22.7 Å². The molecule has 0 amide bonds. The number of hydrogen-bond donors (Lipinski definition) is 1. The fourth-order valence-corrected chi connectivity index (χ4v) is 2.74. The van der Waals surface area contributed by atoms with Crippen molar-refractivity contribution in [2.75, 3.05) is 6.61 Å². The predicted molar refractivity (Wildman–Crippen MR) is 99.5 cm³/mol. The Labute approximate surface area is 148 Å². The molecule has 3 rings (SSSR count). The highest BCUT2D eigenvalue weighted by molar-refractivity contribution is 9.10. The van der Waals surface area contributed by atoms with E-state index >= 15 is 0 Å². The van der Waals surface area contributed by atoms with Crippen LogP contribution in [0.3, 0.4) is 0 Å². The molecule has 2 aromatic carbocycles. The van der Waals surface area contributed by atoms with Crippen molar-refractivity contribution in [2.45, 2.75) is 13.3 Å². The Morgan fingerprint density at radius 2 is 2.17 bits per heavy atom. The molecule has 0 atom stereocenters. The van der Waals surface area contributed by atoms with E-state index in [0.717, 1.165) is 33.2 Å². The summed E-state index contributed by atoms with van der Waals surface area (Å²) in [7, 11) is 0. The Morgan fingerprint density at radius 1 is 1.33 bits per heavy atom. The molecule has 0 aliphatic heterocycles. The third-order valence-corrected chi connectivity index (χ3v) is 3.99. The van der Waals surface area contributed by atoms with Gasteiger partial charge in [-0.2, -0.15) is 5.26 Å². The van der Waals surface area contributed by atoms with Gasteiger partial charge < -0.3 is 9.72 Å². The number of nitriles is 1. The lowest BCUT2D eigenvalue weighted by Gasteiger charge is -2.09. The van der Waals surface area contributed by atoms with E-state index in [2.05, 4.69) is 38.9 Å². The minimum absolute atomic E-state index is 0.464. The van der Waals surface area contributed by atoms with Crippen LogP contribution in [-0.4, -0.2) is 16.6 Å². The molecule has 24 heavy (non-hydrogen) atoms. The predicted octanol–water partition coefficient (Wildman–Crippen LogP) is 5.18. The molecule has 0 saturated carbocycles. The number of para-hydroxylation sites is 2. The smallest absolute Gasteiger partial charge is 0.149 e. The van der Waals surface area contributed by atoms with Gasteiger partial charge >= 0.3 is 0 Å². The Hall–Kier alpha value is -2.58. The quantitative estimate of drug-likeness (QED) is 0.619. The number of ether oxygens (including phenoxy) is 1. The van der Waals surface area contributed by atoms with Crippen LogP contribution in [0, 0.1) is 11.3 Å². The van der Waals surface area contributed by atoms with E-state index in [9.17, 15) is 5.26 Å². The SMILES string of the molecule is CCCOc1ccc(Br)cc1C=C(C#N)c1nc2ccccc2[nH]1. The first-order valence-corrected chi connectivity index (χ1v) is 8.50. The summed E-state index contributed by atoms with van der Waals surface area (Å²) in [4.78, 5) is 7.69. The fraction of sp³-hybridized carbons (Fsp3) is 0.158. The van der Waals surface area contributed by atoms with Crippen molar-refractivity contribution >= 4 is 38.6 Å². The van der Waals surface area contributed by atoms with Gasteiger partial charge in [0.25, 0.3) is 0 Å². The molecule has 0 unspecified atom stereocenters. The highest BCUT2D eigenvalue weighted by Crippen LogP contribution is 2.28. The standard InChI is InChI=1S/C19H16BrN3O/c1-2-9-24-18-8-7-15(20)11-13(18)10-14(12-21)19-22-16-5-3-4-6-17(16)23-19/h3-8,10-11H,2,9H2,1H3,(H,22,23). The summed E-state index contributed by atoms with van der Waals surface area (Å²) in [5.74, 6) is 1.31. The minimum atomic E-state index is 0.464. The van der Waals surface area contributed by atoms with Gasteiger partial charge in [0, 0.05) is 10.0 Å². The topological polar surface area (TPSA) is 61.7 Å². The first-order valence-electron chi connectivity index (χ1n) is 7.70. The molecule has 0 radical (unpaired) electrons. The van der Waals surface area contributed by atoms with E-state index in [0.29, 0.717) is 18.0 Å². The van der Waals surface area contributed by atoms with Crippen molar-refractivity contribution in [1.82, 2.24) is 9.97 Å². The van der Waals surface area contributed by atoms with E-state index in [1.807, 2.05) is 42.5 Å². The summed E-state index contributed by atoms with van der Waals surface area (Å²) >= 11 is 3.47. The highest BCUT2D eigenvalue weighted by Gasteiger charge is 2.10. The van der Waals surface area contributed by atoms with Crippen molar-refractivity contribution < 1.29 is 4.74 Å². The third-order valence-electron chi connectivity index (χ3n) is 3.50. The molecule has 3 aromatic rings. The maximum atomic E-state index is 9.57. The van der Waals surface area contributed by atoms with Crippen molar-refractivity contribution in [1.29, 1.82) is 5.26 Å². The molecular formula is C19H16BrN3O. The molecule has 0 aliphatic carbocycles. The van der Waals surface area contributed by atoms with E-state index in [1.54, 1.807) is 6.08 Å². The number of benzene rings is 2. The average Bonchev–Trinajstić information content (AvgIpc) is 3.02. The van der Waals surface area contributed by atoms with Gasteiger partial charge in [-0.05, 0) is 42.8 Å². The van der Waals surface area contributed by atoms with E-state index in [4.69, 9.17) is 4.74 Å². The minimum Gasteiger partial charge on any atom is -0.493 e. The monoisotopic (exact) mass is 381 g/mol. The number of H-pyrrole nitrogens is 1. The third kappa shape index (κ3) is 3.50. The summed E-state index contributed by atoms with van der Waals surface area (Å²) in [6.45, 7) is 2.69. The molecule has 1 N–H and O–H groups in total. The molecular weight excluding hydrogens is 366 g/mol. The maximum Gasteiger partial charge on any atom is 0.149 e. The Morgan fingerprint density at radius 3 is 2.92 bits per heavy atom. The number of aromatic amines is 1. The normalized spacial score (nSPS) is 11.5. The van der Waals surface area contributed by atoms with Crippen LogP contribution in [0.4, 0.5) is 0 Å². The number of hydrogen-bond acceptors (Lipinski definition) is 3. The first kappa shape index (κ1) is 16.3. The van der Waals surface area contributed by atoms with E-state index in [-0.39, 0.29) is 0 Å². The number of rotatable bonds is 5. The molecule has 1 heterocycles. The van der Waals surface area contributed by atoms with Gasteiger partial charge in [0.2, 0.25) is 0 Å². The Balaban J connectivity index is 2.04. The highest BCUT2D eigenvalue weighted by atomic mass is 79.9. The molecule has 120 valence electrons. The first-order chi connectivity index (χ1) is 11.7. The lowest BCUT2D eigenvalue weighted by Crippen LogP contribution is -1.97. The van der Waals surface area contributed by atoms with Crippen LogP contribution in [0.15, 0.2) is 46.9 Å². The average molecular weight is 382 g/mol. The largest absolute Gasteiger partial charge is 0.493 e. The number of nitrogens with zero attached hydrogens (tertiary/aromatic N) is 2. The summed E-state index contributed by atoms with van der Waals surface area (Å²) < 4.78 is 6.71. The summed E-state index contributed by atoms with van der Waals surface area (Å²) in [5.41, 5.74) is 3.05. The molecule has 0 saturated heterocycles. The number of allylic oxidation sites excluding steroid dienone is 1. The van der Waals surface area contributed by atoms with Gasteiger partial charge in [0.05, 0.1) is 23.2 Å². The summed E-state index contributed by atoms with van der Waals surface area (Å²) in [6.07, 6.45) is 2.72. The lowest BCUT2D eigenvalue weighted by atomic mass is 10.1. The zero-order valence-electron chi connectivity index (χ0n) is 13.2. The van der Waals surface area contributed by atoms with Gasteiger partial charge in [-0.15, -0.1) is 0 Å². The van der Waals surface area contributed by atoms with E-state index < -0.39 is 0 Å². The second-order valence-corrected chi connectivity index (χ2v) is 6.22. The van der Waals surface area contributed by atoms with Crippen LogP contribution in [-0.2, 0) is 0 Å². The van der Waals surface area contributed by atoms with Gasteiger partial charge in [0.15, 0.2) is 0 Å². The van der Waals surface area contributed by atoms with Gasteiger partial charge in [-0.3, -0.25) is 0 Å².